The fourth-order valence-electron chi connectivity index (χ4n) is 5.18. The van der Waals surface area contributed by atoms with Crippen molar-refractivity contribution in [2.24, 2.45) is 16.8 Å². The second kappa shape index (κ2) is 15.5. The summed E-state index contributed by atoms with van der Waals surface area (Å²) in [5, 5.41) is 24.4. The molecule has 9 N–H and O–H groups in total. The standard InChI is InChI=1S/C30H37N9O10S2/c1-30(2)25(27(41)39(30)49-51(44,45)46)36-26(40)24(21-16-50-29(32)35-21)37-48-22(28(42)43)15-47-20-6-3-18(4-7-20)19-5-8-23(34-10-9-31)38(14-19)13-17-11-33-12-17/h3-8,14,16-17,22,25,33H,9-13,15,31H2,1-2H3,(H5,32,35,36,40,42,43,44,45,46)/p+1/b37-24-/t22-,25+/m0/s1. The van der Waals surface area contributed by atoms with Gasteiger partial charge in [0, 0.05) is 42.6 Å². The number of nitrogens with one attached hydrogen (secondary N) is 3. The Morgan fingerprint density at radius 3 is 2.49 bits per heavy atom. The molecule has 1 aromatic carbocycles. The quantitative estimate of drug-likeness (QED) is 0.0298. The van der Waals surface area contributed by atoms with Gasteiger partial charge in [-0.15, -0.1) is 15.6 Å². The second-order valence-corrected chi connectivity index (χ2v) is 14.1. The monoisotopic (exact) mass is 748 g/mol. The summed E-state index contributed by atoms with van der Waals surface area (Å²) in [6.45, 7) is 6.13. The fourth-order valence-corrected chi connectivity index (χ4v) is 6.18. The molecule has 2 aliphatic rings. The van der Waals surface area contributed by atoms with E-state index in [1.54, 1.807) is 12.1 Å². The van der Waals surface area contributed by atoms with Crippen molar-refractivity contribution in [3.63, 3.8) is 0 Å². The molecule has 0 radical (unpaired) electrons. The number of carboxylic acids is 1. The number of anilines is 2. The van der Waals surface area contributed by atoms with Crippen LogP contribution < -0.4 is 36.7 Å². The zero-order valence-corrected chi connectivity index (χ0v) is 29.1. The number of carboxylic acid groups (broad SMARTS) is 1. The Kier molecular flexibility index (Phi) is 11.4. The molecular weight excluding hydrogens is 711 g/mol. The minimum Gasteiger partial charge on any atom is -0.489 e. The summed E-state index contributed by atoms with van der Waals surface area (Å²) < 4.78 is 43.4. The normalized spacial score (nSPS) is 18.0. The van der Waals surface area contributed by atoms with Crippen molar-refractivity contribution >= 4 is 56.2 Å². The Morgan fingerprint density at radius 2 is 1.92 bits per heavy atom. The van der Waals surface area contributed by atoms with Crippen LogP contribution in [-0.4, -0.2) is 102 Å². The number of amides is 2. The molecule has 0 aliphatic carbocycles. The molecule has 5 rings (SSSR count). The highest BCUT2D eigenvalue weighted by Gasteiger charge is 2.58. The van der Waals surface area contributed by atoms with Crippen LogP contribution in [0.5, 0.6) is 5.75 Å². The Balaban J connectivity index is 1.25. The van der Waals surface area contributed by atoms with Crippen molar-refractivity contribution in [3.05, 3.63) is 53.7 Å². The van der Waals surface area contributed by atoms with Gasteiger partial charge in [0.15, 0.2) is 10.8 Å². The van der Waals surface area contributed by atoms with Crippen LogP contribution in [0.15, 0.2) is 53.1 Å². The SMILES string of the molecule is CC1(C)[C@H](NC(=O)/C(=N\O[C@@H](COc2ccc(-c3ccc(NCCN)[n+](CC4CNC4)c3)cc2)C(=O)O)c2csc(N)n2)C(=O)N1OS(=O)(=O)O. The lowest BCUT2D eigenvalue weighted by Gasteiger charge is -2.50. The van der Waals surface area contributed by atoms with Gasteiger partial charge in [-0.1, -0.05) is 17.3 Å². The third kappa shape index (κ3) is 9.06. The van der Waals surface area contributed by atoms with Crippen molar-refractivity contribution in [2.45, 2.75) is 38.1 Å². The number of benzene rings is 1. The first-order valence-corrected chi connectivity index (χ1v) is 17.8. The fraction of sp³-hybridized carbons (Fsp3) is 0.400. The summed E-state index contributed by atoms with van der Waals surface area (Å²) in [5.74, 6) is -1.62. The van der Waals surface area contributed by atoms with Crippen molar-refractivity contribution in [3.8, 4) is 16.9 Å². The Hall–Kier alpha value is -4.93. The zero-order valence-electron chi connectivity index (χ0n) is 27.5. The van der Waals surface area contributed by atoms with E-state index >= 15 is 0 Å². The highest BCUT2D eigenvalue weighted by Crippen LogP contribution is 2.33. The molecule has 2 aromatic heterocycles. The van der Waals surface area contributed by atoms with Crippen LogP contribution in [0.4, 0.5) is 10.9 Å². The van der Waals surface area contributed by atoms with Gasteiger partial charge in [-0.3, -0.25) is 19.5 Å². The number of oxime groups is 1. The third-order valence-corrected chi connectivity index (χ3v) is 9.04. The predicted octanol–water partition coefficient (Wildman–Crippen LogP) is -0.637. The number of aromatic nitrogens is 2. The first kappa shape index (κ1) is 37.3. The van der Waals surface area contributed by atoms with E-state index in [4.69, 9.17) is 25.6 Å². The molecule has 2 fully saturated rings. The number of pyridine rings is 1. The molecule has 2 atom stereocenters. The second-order valence-electron chi connectivity index (χ2n) is 12.2. The number of thiazole rings is 1. The van der Waals surface area contributed by atoms with E-state index in [0.29, 0.717) is 29.8 Å². The molecule has 21 heteroatoms. The number of nitrogens with zero attached hydrogens (tertiary/aromatic N) is 4. The van der Waals surface area contributed by atoms with Gasteiger partial charge in [0.05, 0.1) is 24.8 Å². The maximum atomic E-state index is 13.3. The topological polar surface area (TPSA) is 274 Å². The van der Waals surface area contributed by atoms with Crippen LogP contribution in [0.3, 0.4) is 0 Å². The molecular formula is C30H38N9O10S2+. The van der Waals surface area contributed by atoms with E-state index in [-0.39, 0.29) is 10.8 Å². The number of ether oxygens (including phenoxy) is 1. The van der Waals surface area contributed by atoms with E-state index in [0.717, 1.165) is 47.9 Å². The molecule has 0 unspecified atom stereocenters. The Bertz CT molecular complexity index is 1900. The van der Waals surface area contributed by atoms with Crippen LogP contribution in [0.1, 0.15) is 19.5 Å². The van der Waals surface area contributed by atoms with E-state index in [9.17, 15) is 27.9 Å². The molecule has 19 nitrogen and oxygen atoms in total. The van der Waals surface area contributed by atoms with Crippen LogP contribution in [-0.2, 0) is 40.4 Å². The molecule has 0 spiro atoms. The van der Waals surface area contributed by atoms with Crippen molar-refractivity contribution in [1.82, 2.24) is 20.7 Å². The highest BCUT2D eigenvalue weighted by atomic mass is 32.3. The molecule has 0 bridgehead atoms. The highest BCUT2D eigenvalue weighted by molar-refractivity contribution is 7.80. The summed E-state index contributed by atoms with van der Waals surface area (Å²) in [6.07, 6.45) is 0.381. The van der Waals surface area contributed by atoms with E-state index < -0.39 is 58.2 Å². The Labute approximate surface area is 296 Å². The summed E-state index contributed by atoms with van der Waals surface area (Å²) in [6, 6.07) is 9.70. The minimum atomic E-state index is -5.02. The average Bonchev–Trinajstić information content (AvgIpc) is 3.49. The Morgan fingerprint density at radius 1 is 1.22 bits per heavy atom. The van der Waals surface area contributed by atoms with Crippen LogP contribution in [0.2, 0.25) is 0 Å². The summed E-state index contributed by atoms with van der Waals surface area (Å²) >= 11 is 0.962. The summed E-state index contributed by atoms with van der Waals surface area (Å²) in [5.41, 5.74) is 11.2. The summed E-state index contributed by atoms with van der Waals surface area (Å²) in [4.78, 5) is 47.1. The molecule has 2 amide bonds. The third-order valence-electron chi connectivity index (χ3n) is 8.03. The first-order chi connectivity index (χ1) is 24.2. The van der Waals surface area contributed by atoms with Crippen molar-refractivity contribution < 1.29 is 50.9 Å². The van der Waals surface area contributed by atoms with Gasteiger partial charge in [0.25, 0.3) is 23.7 Å². The zero-order chi connectivity index (χ0) is 36.9. The molecule has 2 saturated heterocycles. The van der Waals surface area contributed by atoms with E-state index in [1.807, 2.05) is 24.3 Å². The number of carbonyl (C=O) groups excluding carboxylic acids is 2. The number of rotatable bonds is 17. The van der Waals surface area contributed by atoms with Gasteiger partial charge in [-0.25, -0.2) is 14.3 Å². The number of hydrogen-bond donors (Lipinski definition) is 7. The largest absolute Gasteiger partial charge is 0.489 e. The van der Waals surface area contributed by atoms with Crippen molar-refractivity contribution in [2.75, 3.05) is 43.8 Å². The lowest BCUT2D eigenvalue weighted by atomic mass is 9.84. The minimum absolute atomic E-state index is 0.0597. The number of β-lactam (4-membered cyclic amide) rings is 1. The van der Waals surface area contributed by atoms with E-state index in [2.05, 4.69) is 41.1 Å². The number of nitrogens with two attached hydrogens (primary N) is 2. The molecule has 2 aliphatic heterocycles. The maximum Gasteiger partial charge on any atom is 0.418 e. The maximum absolute atomic E-state index is 13.3. The number of aliphatic carboxylic acids is 1. The van der Waals surface area contributed by atoms with Crippen LogP contribution in [0, 0.1) is 5.92 Å². The first-order valence-electron chi connectivity index (χ1n) is 15.6. The van der Waals surface area contributed by atoms with Gasteiger partial charge in [-0.2, -0.15) is 13.5 Å². The van der Waals surface area contributed by atoms with Gasteiger partial charge in [-0.05, 0) is 37.6 Å². The smallest absolute Gasteiger partial charge is 0.418 e. The van der Waals surface area contributed by atoms with E-state index in [1.165, 1.54) is 19.2 Å². The van der Waals surface area contributed by atoms with Crippen molar-refractivity contribution in [1.29, 1.82) is 0 Å². The van der Waals surface area contributed by atoms with Crippen LogP contribution in [0.25, 0.3) is 11.1 Å². The molecule has 51 heavy (non-hydrogen) atoms. The van der Waals surface area contributed by atoms with Crippen LogP contribution >= 0.6 is 11.3 Å². The molecule has 0 saturated carbocycles. The predicted molar refractivity (Wildman–Crippen MR) is 183 cm³/mol. The lowest BCUT2D eigenvalue weighted by molar-refractivity contribution is -0.690. The summed E-state index contributed by atoms with van der Waals surface area (Å²) in [7, 11) is -5.02. The molecule has 3 aromatic rings. The number of carbonyl (C=O) groups is 3. The molecule has 4 heterocycles. The van der Waals surface area contributed by atoms with Gasteiger partial charge in [0.1, 0.15) is 24.1 Å². The number of hydrogen-bond acceptors (Lipinski definition) is 15. The van der Waals surface area contributed by atoms with Gasteiger partial charge >= 0.3 is 16.4 Å². The van der Waals surface area contributed by atoms with Gasteiger partial charge < -0.3 is 36.8 Å². The lowest BCUT2D eigenvalue weighted by Crippen LogP contribution is -2.76. The number of hydroxylamine groups is 2. The number of nitrogen functional groups attached to an aromatic ring is 1. The average molecular weight is 749 g/mol. The van der Waals surface area contributed by atoms with Gasteiger partial charge in [0.2, 0.25) is 0 Å². The molecule has 274 valence electrons.